The van der Waals surface area contributed by atoms with Gasteiger partial charge in [0.1, 0.15) is 11.9 Å². The average molecular weight is 485 g/mol. The highest BCUT2D eigenvalue weighted by atomic mass is 32.1. The first-order valence-electron chi connectivity index (χ1n) is 13.3. The Labute approximate surface area is 207 Å². The summed E-state index contributed by atoms with van der Waals surface area (Å²) in [6.07, 6.45) is 14.2. The molecule has 2 aromatic heterocycles. The second kappa shape index (κ2) is 10.1. The van der Waals surface area contributed by atoms with Crippen molar-refractivity contribution in [2.45, 2.75) is 90.2 Å². The van der Waals surface area contributed by atoms with Crippen LogP contribution in [0.3, 0.4) is 0 Å². The molecule has 6 heteroatoms. The minimum absolute atomic E-state index is 0.357. The van der Waals surface area contributed by atoms with Gasteiger partial charge in [-0.3, -0.25) is 4.79 Å². The Bertz CT molecular complexity index is 931. The van der Waals surface area contributed by atoms with Crippen LogP contribution in [0.2, 0.25) is 0 Å². The predicted octanol–water partition coefficient (Wildman–Crippen LogP) is 5.96. The summed E-state index contributed by atoms with van der Waals surface area (Å²) in [6.45, 7) is 3.09. The molecular formula is C28H40N2O3S. The van der Waals surface area contributed by atoms with Crippen molar-refractivity contribution in [3.8, 4) is 0 Å². The van der Waals surface area contributed by atoms with Crippen LogP contribution in [0.1, 0.15) is 87.2 Å². The highest BCUT2D eigenvalue weighted by Gasteiger charge is 2.50. The number of carbonyl (C=O) groups is 1. The van der Waals surface area contributed by atoms with E-state index >= 15 is 0 Å². The molecule has 0 radical (unpaired) electrons. The molecular weight excluding hydrogens is 444 g/mol. The average Bonchev–Trinajstić information content (AvgIpc) is 3.48. The molecule has 0 saturated heterocycles. The van der Waals surface area contributed by atoms with Crippen molar-refractivity contribution in [1.29, 1.82) is 0 Å². The number of carbonyl (C=O) groups excluding carboxylic acids is 1. The molecule has 2 aromatic rings. The van der Waals surface area contributed by atoms with Crippen LogP contribution in [0.5, 0.6) is 0 Å². The van der Waals surface area contributed by atoms with E-state index in [-0.39, 0.29) is 5.97 Å². The van der Waals surface area contributed by atoms with Crippen LogP contribution in [0, 0.1) is 29.1 Å². The van der Waals surface area contributed by atoms with Crippen molar-refractivity contribution in [2.75, 3.05) is 7.11 Å². The van der Waals surface area contributed by atoms with Crippen molar-refractivity contribution in [2.24, 2.45) is 29.1 Å². The molecule has 0 aliphatic heterocycles. The molecule has 2 heterocycles. The number of imidazole rings is 1. The molecule has 186 valence electrons. The maximum atomic E-state index is 12.7. The fourth-order valence-electron chi connectivity index (χ4n) is 7.73. The summed E-state index contributed by atoms with van der Waals surface area (Å²) in [4.78, 5) is 18.6. The maximum Gasteiger partial charge on any atom is 0.312 e. The maximum absolute atomic E-state index is 12.7. The minimum Gasteiger partial charge on any atom is -0.469 e. The minimum atomic E-state index is -0.922. The zero-order chi connectivity index (χ0) is 23.7. The number of aliphatic hydroxyl groups excluding tert-OH is 1. The Morgan fingerprint density at radius 3 is 2.56 bits per heavy atom. The number of hydrogen-bond donors (Lipinski definition) is 1. The number of esters is 1. The smallest absolute Gasteiger partial charge is 0.312 e. The van der Waals surface area contributed by atoms with Crippen LogP contribution in [-0.2, 0) is 28.9 Å². The number of nitrogens with zero attached hydrogens (tertiary/aromatic N) is 2. The van der Waals surface area contributed by atoms with Crippen molar-refractivity contribution in [3.05, 3.63) is 40.1 Å². The normalized spacial score (nSPS) is 29.3. The third-order valence-electron chi connectivity index (χ3n) is 8.94. The Kier molecular flexibility index (Phi) is 7.17. The molecule has 4 bridgehead atoms. The topological polar surface area (TPSA) is 64.3 Å². The van der Waals surface area contributed by atoms with Crippen LogP contribution in [0.4, 0.5) is 0 Å². The van der Waals surface area contributed by atoms with Gasteiger partial charge in [-0.2, -0.15) is 0 Å². The lowest BCUT2D eigenvalue weighted by Crippen LogP contribution is -2.46. The van der Waals surface area contributed by atoms with Crippen LogP contribution < -0.4 is 0 Å². The van der Waals surface area contributed by atoms with E-state index in [1.807, 2.05) is 23.7 Å². The summed E-state index contributed by atoms with van der Waals surface area (Å²) in [5.74, 6) is 2.89. The molecule has 2 atom stereocenters. The summed E-state index contributed by atoms with van der Waals surface area (Å²) in [5, 5.41) is 13.5. The Morgan fingerprint density at radius 1 is 1.26 bits per heavy atom. The van der Waals surface area contributed by atoms with Gasteiger partial charge in [-0.15, -0.1) is 11.3 Å². The van der Waals surface area contributed by atoms with Gasteiger partial charge >= 0.3 is 5.97 Å². The molecule has 4 aliphatic rings. The highest BCUT2D eigenvalue weighted by molar-refractivity contribution is 7.09. The molecule has 4 fully saturated rings. The van der Waals surface area contributed by atoms with Crippen molar-refractivity contribution < 1.29 is 14.6 Å². The van der Waals surface area contributed by atoms with Crippen LogP contribution in [-0.4, -0.2) is 27.7 Å². The van der Waals surface area contributed by atoms with E-state index in [0.717, 1.165) is 60.0 Å². The fraction of sp³-hybridized carbons (Fsp3) is 0.714. The van der Waals surface area contributed by atoms with E-state index in [9.17, 15) is 9.90 Å². The summed E-state index contributed by atoms with van der Waals surface area (Å²) in [7, 11) is 1.41. The predicted molar refractivity (Wildman–Crippen MR) is 135 cm³/mol. The quantitative estimate of drug-likeness (QED) is 0.400. The zero-order valence-electron chi connectivity index (χ0n) is 20.7. The van der Waals surface area contributed by atoms with Gasteiger partial charge in [-0.05, 0) is 92.4 Å². The van der Waals surface area contributed by atoms with Crippen molar-refractivity contribution >= 4 is 17.3 Å². The van der Waals surface area contributed by atoms with E-state index in [1.54, 1.807) is 11.3 Å². The molecule has 0 spiro atoms. The van der Waals surface area contributed by atoms with Gasteiger partial charge < -0.3 is 14.4 Å². The molecule has 4 saturated carbocycles. The number of aromatic nitrogens is 2. The molecule has 2 unspecified atom stereocenters. The lowest BCUT2D eigenvalue weighted by Gasteiger charge is -2.57. The van der Waals surface area contributed by atoms with E-state index in [4.69, 9.17) is 9.72 Å². The largest absolute Gasteiger partial charge is 0.469 e. The SMILES string of the molecule is CCCCc1ncc(C(O)C(Cc2cccs2)C(=O)OC)n1CCC12CC3CC(CC(C3)C1)C2. The summed E-state index contributed by atoms with van der Waals surface area (Å²) in [6, 6.07) is 4.00. The van der Waals surface area contributed by atoms with Gasteiger partial charge in [0, 0.05) is 17.8 Å². The van der Waals surface area contributed by atoms with Crippen LogP contribution in [0.25, 0.3) is 0 Å². The first-order chi connectivity index (χ1) is 16.5. The standard InChI is InChI=1S/C28H40N2O3S/c1-3-4-7-25-29-18-24(26(31)23(27(32)33-2)14-22-6-5-10-34-22)30(25)9-8-28-15-19-11-20(16-28)13-21(12-19)17-28/h5-6,10,18-21,23,26,31H,3-4,7-9,11-17H2,1-2H3. The number of ether oxygens (including phenoxy) is 1. The number of rotatable bonds is 11. The van der Waals surface area contributed by atoms with E-state index in [1.165, 1.54) is 52.1 Å². The van der Waals surface area contributed by atoms with Crippen molar-refractivity contribution in [1.82, 2.24) is 9.55 Å². The van der Waals surface area contributed by atoms with Gasteiger partial charge in [0.2, 0.25) is 0 Å². The fourth-order valence-corrected chi connectivity index (χ4v) is 8.49. The Morgan fingerprint density at radius 2 is 1.97 bits per heavy atom. The number of methoxy groups -OCH3 is 1. The molecule has 34 heavy (non-hydrogen) atoms. The molecule has 5 nitrogen and oxygen atoms in total. The third kappa shape index (κ3) is 4.86. The van der Waals surface area contributed by atoms with Crippen LogP contribution in [0.15, 0.2) is 23.7 Å². The van der Waals surface area contributed by atoms with Gasteiger partial charge in [0.15, 0.2) is 0 Å². The Hall–Kier alpha value is -1.66. The van der Waals surface area contributed by atoms with E-state index in [2.05, 4.69) is 11.5 Å². The summed E-state index contributed by atoms with van der Waals surface area (Å²) in [5.41, 5.74) is 1.25. The van der Waals surface area contributed by atoms with Gasteiger partial charge in [0.25, 0.3) is 0 Å². The van der Waals surface area contributed by atoms with E-state index in [0.29, 0.717) is 11.8 Å². The van der Waals surface area contributed by atoms with Crippen molar-refractivity contribution in [3.63, 3.8) is 0 Å². The molecule has 4 aliphatic carbocycles. The van der Waals surface area contributed by atoms with Gasteiger partial charge in [0.05, 0.1) is 24.9 Å². The number of aryl methyl sites for hydroxylation is 1. The van der Waals surface area contributed by atoms with Gasteiger partial charge in [-0.25, -0.2) is 4.98 Å². The number of unbranched alkanes of at least 4 members (excludes halogenated alkanes) is 1. The molecule has 0 amide bonds. The molecule has 6 rings (SSSR count). The van der Waals surface area contributed by atoms with Crippen LogP contribution >= 0.6 is 11.3 Å². The lowest BCUT2D eigenvalue weighted by atomic mass is 9.49. The molecule has 1 N–H and O–H groups in total. The number of aliphatic hydroxyl groups is 1. The lowest BCUT2D eigenvalue weighted by molar-refractivity contribution is -0.149. The monoisotopic (exact) mass is 484 g/mol. The highest BCUT2D eigenvalue weighted by Crippen LogP contribution is 2.61. The Balaban J connectivity index is 1.38. The van der Waals surface area contributed by atoms with E-state index < -0.39 is 12.0 Å². The second-order valence-electron chi connectivity index (χ2n) is 11.4. The van der Waals surface area contributed by atoms with Gasteiger partial charge in [-0.1, -0.05) is 19.4 Å². The second-order valence-corrected chi connectivity index (χ2v) is 12.4. The first-order valence-corrected chi connectivity index (χ1v) is 14.2. The third-order valence-corrected chi connectivity index (χ3v) is 9.84. The summed E-state index contributed by atoms with van der Waals surface area (Å²) < 4.78 is 7.38. The summed E-state index contributed by atoms with van der Waals surface area (Å²) >= 11 is 1.61. The number of thiophene rings is 1. The first kappa shape index (κ1) is 24.1. The number of hydrogen-bond acceptors (Lipinski definition) is 5. The molecule has 0 aromatic carbocycles. The zero-order valence-corrected chi connectivity index (χ0v) is 21.6.